The second-order valence-electron chi connectivity index (χ2n) is 6.74. The normalized spacial score (nSPS) is 15.4. The Morgan fingerprint density at radius 3 is 2.59 bits per heavy atom. The molecule has 1 aliphatic heterocycles. The Hall–Kier alpha value is -3.68. The van der Waals surface area contributed by atoms with E-state index in [1.807, 2.05) is 36.4 Å². The van der Waals surface area contributed by atoms with Crippen molar-refractivity contribution in [2.45, 2.75) is 25.8 Å². The number of carbonyl (C=O) groups is 2. The Kier molecular flexibility index (Phi) is 4.99. The Balaban J connectivity index is 1.59. The summed E-state index contributed by atoms with van der Waals surface area (Å²) in [6, 6.07) is 14.1. The monoisotopic (exact) mass is 391 g/mol. The molecule has 1 aliphatic rings. The molecule has 1 aromatic heterocycles. The summed E-state index contributed by atoms with van der Waals surface area (Å²) in [6.45, 7) is 2.07. The van der Waals surface area contributed by atoms with E-state index in [0.29, 0.717) is 11.5 Å². The highest BCUT2D eigenvalue weighted by Crippen LogP contribution is 2.28. The maximum absolute atomic E-state index is 12.9. The Bertz CT molecular complexity index is 1040. The van der Waals surface area contributed by atoms with Crippen molar-refractivity contribution in [2.75, 3.05) is 17.7 Å². The first kappa shape index (κ1) is 18.7. The van der Waals surface area contributed by atoms with E-state index in [4.69, 9.17) is 4.74 Å². The van der Waals surface area contributed by atoms with Crippen molar-refractivity contribution in [3.8, 4) is 17.1 Å². The van der Waals surface area contributed by atoms with Gasteiger partial charge < -0.3 is 10.1 Å². The third-order valence-corrected chi connectivity index (χ3v) is 4.84. The minimum Gasteiger partial charge on any atom is -0.497 e. The zero-order valence-electron chi connectivity index (χ0n) is 16.2. The topological polar surface area (TPSA) is 98.1 Å². The van der Waals surface area contributed by atoms with E-state index in [2.05, 4.69) is 27.6 Å². The molecular formula is C21H21N5O3. The van der Waals surface area contributed by atoms with Gasteiger partial charge in [-0.1, -0.05) is 19.1 Å². The van der Waals surface area contributed by atoms with Crippen LogP contribution in [0.5, 0.6) is 5.75 Å². The molecule has 1 atom stereocenters. The van der Waals surface area contributed by atoms with Crippen LogP contribution in [0.3, 0.4) is 0 Å². The number of hydrogen-bond donors (Lipinski definition) is 2. The maximum Gasteiger partial charge on any atom is 0.249 e. The minimum atomic E-state index is -0.774. The molecule has 148 valence electrons. The standard InChI is InChI=1S/C21H21N5O3/c1-3-13-4-8-15(9-5-13)22-20(28)17-12-18(27)23-21-24-19(25-26(17)21)14-6-10-16(29-2)11-7-14/h4-11,17H,3,12H2,1-2H3,(H,22,28)(H,23,24,25,27)/t17-/m1/s1. The number of nitrogens with one attached hydrogen (secondary N) is 2. The first-order chi connectivity index (χ1) is 14.1. The van der Waals surface area contributed by atoms with Gasteiger partial charge >= 0.3 is 0 Å². The number of carbonyl (C=O) groups excluding carboxylic acids is 2. The van der Waals surface area contributed by atoms with E-state index in [9.17, 15) is 9.59 Å². The summed E-state index contributed by atoms with van der Waals surface area (Å²) in [6.07, 6.45) is 0.921. The van der Waals surface area contributed by atoms with Crippen LogP contribution in [0.25, 0.3) is 11.4 Å². The third-order valence-electron chi connectivity index (χ3n) is 4.84. The first-order valence-electron chi connectivity index (χ1n) is 9.38. The average molecular weight is 391 g/mol. The summed E-state index contributed by atoms with van der Waals surface area (Å²) < 4.78 is 6.63. The molecule has 2 heterocycles. The van der Waals surface area contributed by atoms with Crippen LogP contribution in [0, 0.1) is 0 Å². The third kappa shape index (κ3) is 3.82. The Labute approximate surface area is 167 Å². The van der Waals surface area contributed by atoms with E-state index >= 15 is 0 Å². The number of aryl methyl sites for hydroxylation is 1. The molecule has 0 unspecified atom stereocenters. The predicted octanol–water partition coefficient (Wildman–Crippen LogP) is 3.04. The molecule has 2 aromatic carbocycles. The van der Waals surface area contributed by atoms with Gasteiger partial charge in [0.2, 0.25) is 17.8 Å². The molecule has 0 spiro atoms. The maximum atomic E-state index is 12.9. The molecule has 3 aromatic rings. The number of amides is 2. The lowest BCUT2D eigenvalue weighted by atomic mass is 10.1. The number of methoxy groups -OCH3 is 1. The van der Waals surface area contributed by atoms with Crippen molar-refractivity contribution in [1.29, 1.82) is 0 Å². The lowest BCUT2D eigenvalue weighted by molar-refractivity contribution is -0.125. The van der Waals surface area contributed by atoms with E-state index < -0.39 is 6.04 Å². The number of benzene rings is 2. The summed E-state index contributed by atoms with van der Waals surface area (Å²) in [7, 11) is 1.59. The van der Waals surface area contributed by atoms with Gasteiger partial charge in [-0.05, 0) is 48.4 Å². The van der Waals surface area contributed by atoms with E-state index in [0.717, 1.165) is 17.7 Å². The molecule has 0 bridgehead atoms. The number of nitrogens with zero attached hydrogens (tertiary/aromatic N) is 3. The van der Waals surface area contributed by atoms with Crippen LogP contribution in [0.15, 0.2) is 48.5 Å². The van der Waals surface area contributed by atoms with E-state index in [-0.39, 0.29) is 24.2 Å². The van der Waals surface area contributed by atoms with Crippen molar-refractivity contribution in [1.82, 2.24) is 14.8 Å². The van der Waals surface area contributed by atoms with Gasteiger partial charge in [0, 0.05) is 11.3 Å². The molecule has 0 saturated heterocycles. The van der Waals surface area contributed by atoms with Crippen LogP contribution in [0.4, 0.5) is 11.6 Å². The minimum absolute atomic E-state index is 0.00269. The number of aromatic nitrogens is 3. The van der Waals surface area contributed by atoms with Gasteiger partial charge in [-0.3, -0.25) is 14.9 Å². The fourth-order valence-electron chi connectivity index (χ4n) is 3.18. The number of rotatable bonds is 5. The highest BCUT2D eigenvalue weighted by molar-refractivity contribution is 6.00. The van der Waals surface area contributed by atoms with Crippen LogP contribution in [-0.4, -0.2) is 33.7 Å². The van der Waals surface area contributed by atoms with Crippen molar-refractivity contribution >= 4 is 23.5 Å². The zero-order chi connectivity index (χ0) is 20.4. The molecule has 8 nitrogen and oxygen atoms in total. The molecule has 2 N–H and O–H groups in total. The van der Waals surface area contributed by atoms with Crippen LogP contribution in [0.1, 0.15) is 24.9 Å². The summed E-state index contributed by atoms with van der Waals surface area (Å²) in [5.41, 5.74) is 2.62. The van der Waals surface area contributed by atoms with Crippen molar-refractivity contribution in [2.24, 2.45) is 0 Å². The van der Waals surface area contributed by atoms with E-state index in [1.165, 1.54) is 10.2 Å². The molecule has 0 fully saturated rings. The first-order valence-corrected chi connectivity index (χ1v) is 9.38. The smallest absolute Gasteiger partial charge is 0.249 e. The second kappa shape index (κ2) is 7.75. The molecule has 0 aliphatic carbocycles. The van der Waals surface area contributed by atoms with Gasteiger partial charge in [-0.2, -0.15) is 4.98 Å². The Morgan fingerprint density at radius 2 is 1.93 bits per heavy atom. The van der Waals surface area contributed by atoms with Crippen LogP contribution >= 0.6 is 0 Å². The lowest BCUT2D eigenvalue weighted by Crippen LogP contribution is -2.36. The molecule has 0 radical (unpaired) electrons. The zero-order valence-corrected chi connectivity index (χ0v) is 16.2. The highest BCUT2D eigenvalue weighted by Gasteiger charge is 2.33. The fourth-order valence-corrected chi connectivity index (χ4v) is 3.18. The number of anilines is 2. The van der Waals surface area contributed by atoms with Crippen molar-refractivity contribution in [3.63, 3.8) is 0 Å². The van der Waals surface area contributed by atoms with Gasteiger partial charge in [0.25, 0.3) is 0 Å². The highest BCUT2D eigenvalue weighted by atomic mass is 16.5. The average Bonchev–Trinajstić information content (AvgIpc) is 3.17. The predicted molar refractivity (Wildman–Crippen MR) is 109 cm³/mol. The van der Waals surface area contributed by atoms with Gasteiger partial charge in [0.05, 0.1) is 13.5 Å². The van der Waals surface area contributed by atoms with Crippen LogP contribution in [-0.2, 0) is 16.0 Å². The number of fused-ring (bicyclic) bond motifs is 1. The SMILES string of the molecule is CCc1ccc(NC(=O)[C@H]2CC(=O)Nc3nc(-c4ccc(OC)cc4)nn32)cc1. The van der Waals surface area contributed by atoms with Gasteiger partial charge in [0.1, 0.15) is 11.8 Å². The molecule has 2 amide bonds. The molecule has 29 heavy (non-hydrogen) atoms. The number of ether oxygens (including phenoxy) is 1. The quantitative estimate of drug-likeness (QED) is 0.697. The summed E-state index contributed by atoms with van der Waals surface area (Å²) >= 11 is 0. The van der Waals surface area contributed by atoms with Gasteiger partial charge in [-0.25, -0.2) is 4.68 Å². The van der Waals surface area contributed by atoms with E-state index in [1.54, 1.807) is 19.2 Å². The molecule has 4 rings (SSSR count). The van der Waals surface area contributed by atoms with Gasteiger partial charge in [0.15, 0.2) is 5.82 Å². The summed E-state index contributed by atoms with van der Waals surface area (Å²) in [5, 5.41) is 10.0. The second-order valence-corrected chi connectivity index (χ2v) is 6.74. The largest absolute Gasteiger partial charge is 0.497 e. The van der Waals surface area contributed by atoms with Crippen molar-refractivity contribution in [3.05, 3.63) is 54.1 Å². The van der Waals surface area contributed by atoms with Crippen LogP contribution in [0.2, 0.25) is 0 Å². The lowest BCUT2D eigenvalue weighted by Gasteiger charge is -2.22. The van der Waals surface area contributed by atoms with Crippen molar-refractivity contribution < 1.29 is 14.3 Å². The van der Waals surface area contributed by atoms with Gasteiger partial charge in [-0.15, -0.1) is 5.10 Å². The molecular weight excluding hydrogens is 370 g/mol. The molecule has 0 saturated carbocycles. The van der Waals surface area contributed by atoms with Crippen LogP contribution < -0.4 is 15.4 Å². The number of hydrogen-bond acceptors (Lipinski definition) is 5. The summed E-state index contributed by atoms with van der Waals surface area (Å²) in [5.74, 6) is 0.824. The molecule has 8 heteroatoms. The Morgan fingerprint density at radius 1 is 1.21 bits per heavy atom. The summed E-state index contributed by atoms with van der Waals surface area (Å²) in [4.78, 5) is 29.4. The fraction of sp³-hybridized carbons (Fsp3) is 0.238.